The van der Waals surface area contributed by atoms with Crippen LogP contribution in [0, 0.1) is 0 Å². The summed E-state index contributed by atoms with van der Waals surface area (Å²) < 4.78 is 8.14. The SMILES string of the molecule is [B]c1cc(-c2nc(-c3ccccc3)nc(-c3ccccc3)n2)c2oc3c([B])c([B])c(-n4c5c([B])c([B])c([B])c([B])c5c5c([B])c([B])c([B])c([B])c54)c([B])c3c2c1. The highest BCUT2D eigenvalue weighted by Crippen LogP contribution is 2.35. The highest BCUT2D eigenvalue weighted by atomic mass is 16.3. The van der Waals surface area contributed by atoms with Crippen LogP contribution in [0.25, 0.3) is 83.6 Å². The van der Waals surface area contributed by atoms with Crippen LogP contribution in [0.2, 0.25) is 0 Å². The molecule has 5 nitrogen and oxygen atoms in total. The van der Waals surface area contributed by atoms with Crippen molar-refractivity contribution >= 4 is 203 Å². The van der Waals surface area contributed by atoms with E-state index in [0.29, 0.717) is 49.8 Å². The Bertz CT molecular complexity index is 3030. The first-order valence-electron chi connectivity index (χ1n) is 17.1. The van der Waals surface area contributed by atoms with Gasteiger partial charge in [-0.2, -0.15) is 0 Å². The number of aromatic nitrogens is 4. The molecule has 3 heterocycles. The molecule has 0 atom stereocenters. The van der Waals surface area contributed by atoms with Gasteiger partial charge in [0.25, 0.3) is 0 Å². The van der Waals surface area contributed by atoms with Gasteiger partial charge in [-0.05, 0) is 10.8 Å². The minimum Gasteiger partial charge on any atom is -0.456 e. The van der Waals surface area contributed by atoms with Gasteiger partial charge in [0.2, 0.25) is 0 Å². The van der Waals surface area contributed by atoms with Crippen molar-refractivity contribution in [3.05, 3.63) is 72.8 Å². The van der Waals surface area contributed by atoms with Crippen LogP contribution in [0.1, 0.15) is 0 Å². The molecule has 6 aromatic carbocycles. The molecule has 0 N–H and O–H groups in total. The van der Waals surface area contributed by atoms with Crippen LogP contribution in [0.4, 0.5) is 0 Å². The normalized spacial score (nSPS) is 11.7. The van der Waals surface area contributed by atoms with Crippen LogP contribution in [0.3, 0.4) is 0 Å². The molecule has 0 spiro atoms. The Hall–Kier alpha value is -5.29. The van der Waals surface area contributed by atoms with Crippen molar-refractivity contribution in [3.63, 3.8) is 0 Å². The lowest BCUT2D eigenvalue weighted by atomic mass is 9.63. The maximum Gasteiger partial charge on any atom is 0.167 e. The first-order valence-corrected chi connectivity index (χ1v) is 17.1. The minimum absolute atomic E-state index is 0.00185. The van der Waals surface area contributed by atoms with Crippen molar-refractivity contribution in [1.29, 1.82) is 0 Å². The lowest BCUT2D eigenvalue weighted by Crippen LogP contribution is -2.49. The monoisotopic (exact) mass is 684 g/mol. The number of rotatable bonds is 4. The van der Waals surface area contributed by atoms with Gasteiger partial charge in [0.1, 0.15) is 105 Å². The predicted molar refractivity (Wildman–Crippen MR) is 242 cm³/mol. The van der Waals surface area contributed by atoms with Gasteiger partial charge in [-0.25, -0.2) is 15.0 Å². The fourth-order valence-corrected chi connectivity index (χ4v) is 7.46. The summed E-state index contributed by atoms with van der Waals surface area (Å²) in [6, 6.07) is 22.5. The van der Waals surface area contributed by atoms with Crippen molar-refractivity contribution < 1.29 is 4.42 Å². The van der Waals surface area contributed by atoms with Crippen LogP contribution in [-0.2, 0) is 0 Å². The summed E-state index contributed by atoms with van der Waals surface area (Å²) in [5.41, 5.74) is 3.97. The first kappa shape index (κ1) is 36.4. The van der Waals surface area contributed by atoms with E-state index in [2.05, 4.69) is 0 Å². The molecule has 0 amide bonds. The van der Waals surface area contributed by atoms with Crippen LogP contribution in [0.5, 0.6) is 0 Å². The fourth-order valence-electron chi connectivity index (χ4n) is 7.46. The van der Waals surface area contributed by atoms with Crippen molar-refractivity contribution in [3.8, 4) is 39.9 Å². The summed E-state index contributed by atoms with van der Waals surface area (Å²) in [7, 11) is 79.7. The average Bonchev–Trinajstić information content (AvgIpc) is 3.77. The maximum absolute atomic E-state index is 7.17. The van der Waals surface area contributed by atoms with Gasteiger partial charge in [-0.1, -0.05) is 116 Å². The molecule has 0 aliphatic heterocycles. The van der Waals surface area contributed by atoms with Crippen LogP contribution >= 0.6 is 0 Å². The second-order valence-corrected chi connectivity index (χ2v) is 13.5. The second kappa shape index (κ2) is 13.1. The van der Waals surface area contributed by atoms with E-state index < -0.39 is 0 Å². The third-order valence-electron chi connectivity index (χ3n) is 10.3. The molecule has 0 fully saturated rings. The van der Waals surface area contributed by atoms with Crippen molar-refractivity contribution in [1.82, 2.24) is 19.5 Å². The molecule has 3 aromatic heterocycles. The lowest BCUT2D eigenvalue weighted by molar-refractivity contribution is 0.672. The van der Waals surface area contributed by atoms with Gasteiger partial charge in [0, 0.05) is 38.6 Å². The molecule has 17 heteroatoms. The van der Waals surface area contributed by atoms with E-state index in [1.807, 2.05) is 60.7 Å². The van der Waals surface area contributed by atoms with Gasteiger partial charge in [0.05, 0.1) is 5.56 Å². The molecule has 0 unspecified atom stereocenters. The summed E-state index contributed by atoms with van der Waals surface area (Å²) in [4.78, 5) is 14.6. The molecule has 9 aromatic rings. The molecule has 56 heavy (non-hydrogen) atoms. The highest BCUT2D eigenvalue weighted by molar-refractivity contribution is 6.72. The number of nitrogens with zero attached hydrogens (tertiary/aromatic N) is 4. The quantitative estimate of drug-likeness (QED) is 0.176. The molecular weight excluding hydrogens is 670 g/mol. The van der Waals surface area contributed by atoms with Crippen molar-refractivity contribution in [2.75, 3.05) is 0 Å². The van der Waals surface area contributed by atoms with Crippen LogP contribution in [-0.4, -0.2) is 114 Å². The lowest BCUT2D eigenvalue weighted by Gasteiger charge is -2.22. The third kappa shape index (κ3) is 5.15. The Balaban J connectivity index is 1.41. The third-order valence-corrected chi connectivity index (χ3v) is 10.3. The zero-order chi connectivity index (χ0) is 39.5. The van der Waals surface area contributed by atoms with E-state index >= 15 is 0 Å². The molecule has 0 saturated heterocycles. The highest BCUT2D eigenvalue weighted by Gasteiger charge is 2.27. The average molecular weight is 682 g/mol. The van der Waals surface area contributed by atoms with Crippen molar-refractivity contribution in [2.24, 2.45) is 0 Å². The summed E-state index contributed by atoms with van der Waals surface area (Å²) in [5, 5.41) is 1.46. The predicted octanol–water partition coefficient (Wildman–Crippen LogP) is -4.61. The van der Waals surface area contributed by atoms with E-state index in [1.165, 1.54) is 0 Å². The Morgan fingerprint density at radius 2 is 0.875 bits per heavy atom. The summed E-state index contributed by atoms with van der Waals surface area (Å²) in [6.45, 7) is 0. The minimum atomic E-state index is 0.00185. The van der Waals surface area contributed by atoms with E-state index in [0.717, 1.165) is 11.1 Å². The number of hydrogen-bond donors (Lipinski definition) is 0. The van der Waals surface area contributed by atoms with Crippen LogP contribution < -0.4 is 65.6 Å². The standard InChI is InChI=1S/C39H12B12N4O/c40-15-11-16-18-23(43)34(55-32-19(21(41)24(44)26(46)28(32)48)20-22(42)25(45)27(47)29(49)33(20)55)30(50)31(51)36(18)56-35(16)17(12-15)39-53-37(13-7-3-1-4-8-13)52-38(54-39)14-9-5-2-6-10-14/h1-12H. The van der Waals surface area contributed by atoms with E-state index in [9.17, 15) is 0 Å². The Morgan fingerprint density at radius 1 is 0.411 bits per heavy atom. The van der Waals surface area contributed by atoms with Gasteiger partial charge in [-0.3, -0.25) is 0 Å². The summed E-state index contributed by atoms with van der Waals surface area (Å²) >= 11 is 0. The zero-order valence-corrected chi connectivity index (χ0v) is 29.6. The van der Waals surface area contributed by atoms with E-state index in [1.54, 1.807) is 16.7 Å². The molecule has 0 aliphatic carbocycles. The van der Waals surface area contributed by atoms with Gasteiger partial charge < -0.3 is 8.98 Å². The summed E-state index contributed by atoms with van der Waals surface area (Å²) in [5.74, 6) is 1.16. The van der Waals surface area contributed by atoms with E-state index in [4.69, 9.17) is 114 Å². The zero-order valence-electron chi connectivity index (χ0n) is 29.6. The summed E-state index contributed by atoms with van der Waals surface area (Å²) in [6.07, 6.45) is 0. The number of furan rings is 1. The van der Waals surface area contributed by atoms with E-state index in [-0.39, 0.29) is 88.2 Å². The van der Waals surface area contributed by atoms with Gasteiger partial charge >= 0.3 is 0 Å². The number of fused-ring (bicyclic) bond motifs is 6. The largest absolute Gasteiger partial charge is 0.456 e. The topological polar surface area (TPSA) is 56.7 Å². The molecule has 9 rings (SSSR count). The number of hydrogen-bond acceptors (Lipinski definition) is 4. The Kier molecular flexibility index (Phi) is 8.54. The first-order chi connectivity index (χ1) is 26.8. The Labute approximate surface area is 338 Å². The smallest absolute Gasteiger partial charge is 0.167 e. The fraction of sp³-hybridized carbons (Fsp3) is 0. The maximum atomic E-state index is 7.17. The molecule has 0 bridgehead atoms. The second-order valence-electron chi connectivity index (χ2n) is 13.5. The molecule has 0 aliphatic rings. The van der Waals surface area contributed by atoms with Crippen LogP contribution in [0.15, 0.2) is 77.2 Å². The molecule has 230 valence electrons. The number of benzene rings is 6. The molecule has 0 saturated carbocycles. The molecule has 24 radical (unpaired) electrons. The van der Waals surface area contributed by atoms with Gasteiger partial charge in [0.15, 0.2) is 17.5 Å². The van der Waals surface area contributed by atoms with Crippen molar-refractivity contribution in [2.45, 2.75) is 0 Å². The Morgan fingerprint density at radius 3 is 1.38 bits per heavy atom. The van der Waals surface area contributed by atoms with Gasteiger partial charge in [-0.15, -0.1) is 21.9 Å². The molecular formula is C39H12B12N4O.